The van der Waals surface area contributed by atoms with Crippen molar-refractivity contribution in [1.82, 2.24) is 9.80 Å². The van der Waals surface area contributed by atoms with Crippen LogP contribution in [0.15, 0.2) is 97.1 Å². The van der Waals surface area contributed by atoms with Crippen LogP contribution in [0.3, 0.4) is 0 Å². The molecule has 2 aliphatic heterocycles. The summed E-state index contributed by atoms with van der Waals surface area (Å²) >= 11 is 5.85. The van der Waals surface area contributed by atoms with Gasteiger partial charge in [0.25, 0.3) is 0 Å². The fourth-order valence-corrected chi connectivity index (χ4v) is 6.43. The van der Waals surface area contributed by atoms with Crippen molar-refractivity contribution in [2.45, 2.75) is 38.4 Å². The number of piperazine rings is 2. The Morgan fingerprint density at radius 2 is 0.891 bits per heavy atom. The smallest absolute Gasteiger partial charge is 0.123 e. The topological polar surface area (TPSA) is 33.2 Å². The number of hydrogen-bond donors (Lipinski definition) is 1. The summed E-state index contributed by atoms with van der Waals surface area (Å²) in [4.78, 5) is 9.58. The number of anilines is 2. The van der Waals surface area contributed by atoms with Crippen molar-refractivity contribution >= 4 is 23.0 Å². The molecular formula is C38H45ClF2N4O. The second kappa shape index (κ2) is 16.4. The Morgan fingerprint density at radius 1 is 0.543 bits per heavy atom. The molecule has 0 unspecified atom stereocenters. The molecule has 46 heavy (non-hydrogen) atoms. The van der Waals surface area contributed by atoms with Crippen LogP contribution in [0.5, 0.6) is 0 Å². The largest absolute Gasteiger partial charge is 0.392 e. The van der Waals surface area contributed by atoms with Gasteiger partial charge in [0, 0.05) is 81.7 Å². The minimum atomic E-state index is -0.188. The number of hydrogen-bond acceptors (Lipinski definition) is 5. The Labute approximate surface area is 277 Å². The lowest BCUT2D eigenvalue weighted by Crippen LogP contribution is -2.47. The molecule has 2 atom stereocenters. The van der Waals surface area contributed by atoms with Crippen LogP contribution < -0.4 is 9.80 Å². The van der Waals surface area contributed by atoms with Crippen LogP contribution in [0.2, 0.25) is 0 Å². The monoisotopic (exact) mass is 646 g/mol. The van der Waals surface area contributed by atoms with Crippen LogP contribution in [0, 0.1) is 11.6 Å². The Kier molecular flexibility index (Phi) is 12.0. The maximum Gasteiger partial charge on any atom is 0.123 e. The third-order valence-electron chi connectivity index (χ3n) is 9.37. The summed E-state index contributed by atoms with van der Waals surface area (Å²) in [5, 5.41) is 9.13. The number of benzene rings is 4. The van der Waals surface area contributed by atoms with Gasteiger partial charge in [-0.3, -0.25) is 9.80 Å². The van der Waals surface area contributed by atoms with E-state index in [-0.39, 0.29) is 18.2 Å². The molecule has 0 bridgehead atoms. The van der Waals surface area contributed by atoms with Gasteiger partial charge in [0.15, 0.2) is 0 Å². The number of rotatable bonds is 8. The molecule has 5 nitrogen and oxygen atoms in total. The second-order valence-electron chi connectivity index (χ2n) is 12.1. The molecule has 0 spiro atoms. The van der Waals surface area contributed by atoms with E-state index >= 15 is 0 Å². The minimum Gasteiger partial charge on any atom is -0.392 e. The Balaban J connectivity index is 0.000000181. The van der Waals surface area contributed by atoms with E-state index in [0.717, 1.165) is 74.9 Å². The Bertz CT molecular complexity index is 1350. The normalized spacial score (nSPS) is 17.3. The predicted octanol–water partition coefficient (Wildman–Crippen LogP) is 7.65. The van der Waals surface area contributed by atoms with Crippen molar-refractivity contribution in [3.05, 3.63) is 131 Å². The first-order chi connectivity index (χ1) is 22.3. The molecule has 0 aromatic heterocycles. The van der Waals surface area contributed by atoms with Gasteiger partial charge >= 0.3 is 0 Å². The fraction of sp³-hybridized carbons (Fsp3) is 0.368. The van der Waals surface area contributed by atoms with E-state index in [0.29, 0.717) is 18.0 Å². The maximum absolute atomic E-state index is 13.0. The van der Waals surface area contributed by atoms with Crippen LogP contribution in [-0.2, 0) is 12.5 Å². The van der Waals surface area contributed by atoms with Gasteiger partial charge in [-0.05, 0) is 84.6 Å². The summed E-state index contributed by atoms with van der Waals surface area (Å²) in [6, 6.07) is 31.0. The zero-order valence-corrected chi connectivity index (χ0v) is 27.6. The lowest BCUT2D eigenvalue weighted by Gasteiger charge is -2.39. The van der Waals surface area contributed by atoms with E-state index in [2.05, 4.69) is 69.8 Å². The third-order valence-corrected chi connectivity index (χ3v) is 9.68. The van der Waals surface area contributed by atoms with Crippen LogP contribution >= 0.6 is 11.6 Å². The molecule has 244 valence electrons. The highest BCUT2D eigenvalue weighted by Gasteiger charge is 2.23. The first-order valence-electron chi connectivity index (χ1n) is 16.2. The minimum absolute atomic E-state index is 0.0883. The molecule has 2 heterocycles. The van der Waals surface area contributed by atoms with Crippen LogP contribution in [0.25, 0.3) is 0 Å². The molecule has 0 amide bonds. The average Bonchev–Trinajstić information content (AvgIpc) is 3.12. The van der Waals surface area contributed by atoms with E-state index in [4.69, 9.17) is 16.7 Å². The van der Waals surface area contributed by atoms with E-state index in [1.807, 2.05) is 36.4 Å². The van der Waals surface area contributed by atoms with Gasteiger partial charge in [-0.15, -0.1) is 11.6 Å². The first-order valence-corrected chi connectivity index (χ1v) is 16.7. The first kappa shape index (κ1) is 33.9. The van der Waals surface area contributed by atoms with Crippen molar-refractivity contribution < 1.29 is 13.9 Å². The zero-order valence-electron chi connectivity index (χ0n) is 26.8. The molecule has 4 aromatic rings. The van der Waals surface area contributed by atoms with Crippen LogP contribution in [0.4, 0.5) is 20.2 Å². The quantitative estimate of drug-likeness (QED) is 0.199. The van der Waals surface area contributed by atoms with Crippen LogP contribution in [0.1, 0.15) is 48.2 Å². The van der Waals surface area contributed by atoms with E-state index < -0.39 is 0 Å². The molecule has 0 aliphatic carbocycles. The second-order valence-corrected chi connectivity index (χ2v) is 12.4. The molecule has 2 saturated heterocycles. The number of alkyl halides is 1. The fourth-order valence-electron chi connectivity index (χ4n) is 6.25. The molecular weight excluding hydrogens is 602 g/mol. The standard InChI is InChI=1S/C19H22ClFN2.C19H23FN2O/c1-15(17-4-2-16(14-20)3-5-17)22-10-12-23(13-11-22)19-8-6-18(21)7-9-19;1-15(17-4-2-16(14-23)3-5-17)21-10-12-22(13-11-21)19-8-6-18(20)7-9-19/h2-9,15H,10-14H2,1H3;2-9,15,23H,10-14H2,1H3/t2*15-/m00/s1. The molecule has 8 heteroatoms. The number of halogens is 3. The number of nitrogens with zero attached hydrogens (tertiary/aromatic N) is 4. The van der Waals surface area contributed by atoms with Gasteiger partial charge in [0.1, 0.15) is 11.6 Å². The van der Waals surface area contributed by atoms with Crippen molar-refractivity contribution in [3.8, 4) is 0 Å². The summed E-state index contributed by atoms with van der Waals surface area (Å²) in [7, 11) is 0. The molecule has 1 N–H and O–H groups in total. The molecule has 0 saturated carbocycles. The number of aliphatic hydroxyl groups is 1. The van der Waals surface area contributed by atoms with Gasteiger partial charge in [-0.25, -0.2) is 8.78 Å². The van der Waals surface area contributed by atoms with Crippen molar-refractivity contribution in [3.63, 3.8) is 0 Å². The van der Waals surface area contributed by atoms with Gasteiger partial charge in [0.05, 0.1) is 6.61 Å². The highest BCUT2D eigenvalue weighted by molar-refractivity contribution is 6.17. The summed E-state index contributed by atoms with van der Waals surface area (Å²) < 4.78 is 26.0. The van der Waals surface area contributed by atoms with E-state index in [1.54, 1.807) is 0 Å². The summed E-state index contributed by atoms with van der Waals surface area (Å²) in [5.41, 5.74) is 6.90. The van der Waals surface area contributed by atoms with Gasteiger partial charge < -0.3 is 14.9 Å². The molecule has 6 rings (SSSR count). The van der Waals surface area contributed by atoms with Gasteiger partial charge in [0.2, 0.25) is 0 Å². The van der Waals surface area contributed by atoms with Gasteiger partial charge in [-0.1, -0.05) is 48.5 Å². The van der Waals surface area contributed by atoms with Crippen molar-refractivity contribution in [1.29, 1.82) is 0 Å². The predicted molar refractivity (Wildman–Crippen MR) is 186 cm³/mol. The Hall–Kier alpha value is -3.49. The highest BCUT2D eigenvalue weighted by atomic mass is 35.5. The molecule has 2 aliphatic rings. The lowest BCUT2D eigenvalue weighted by atomic mass is 10.0. The maximum atomic E-state index is 13.0. The van der Waals surface area contributed by atoms with E-state index in [1.165, 1.54) is 35.4 Å². The number of aliphatic hydroxyl groups excluding tert-OH is 1. The van der Waals surface area contributed by atoms with Crippen molar-refractivity contribution in [2.24, 2.45) is 0 Å². The summed E-state index contributed by atoms with van der Waals surface area (Å²) in [5.74, 6) is 0.194. The highest BCUT2D eigenvalue weighted by Crippen LogP contribution is 2.26. The van der Waals surface area contributed by atoms with E-state index in [9.17, 15) is 8.78 Å². The average molecular weight is 647 g/mol. The summed E-state index contributed by atoms with van der Waals surface area (Å²) in [6.45, 7) is 12.4. The molecule has 2 fully saturated rings. The Morgan fingerprint density at radius 3 is 1.22 bits per heavy atom. The van der Waals surface area contributed by atoms with Crippen molar-refractivity contribution in [2.75, 3.05) is 62.2 Å². The molecule has 0 radical (unpaired) electrons. The zero-order chi connectivity index (χ0) is 32.5. The molecule has 4 aromatic carbocycles. The third kappa shape index (κ3) is 8.85. The summed E-state index contributed by atoms with van der Waals surface area (Å²) in [6.07, 6.45) is 0. The van der Waals surface area contributed by atoms with Crippen LogP contribution in [-0.4, -0.2) is 67.3 Å². The SMILES string of the molecule is C[C@@H](c1ccc(CCl)cc1)N1CCN(c2ccc(F)cc2)CC1.C[C@@H](c1ccc(CO)cc1)N1CCN(c2ccc(F)cc2)CC1. The van der Waals surface area contributed by atoms with Gasteiger partial charge in [-0.2, -0.15) is 0 Å². The lowest BCUT2D eigenvalue weighted by molar-refractivity contribution is 0.198.